The molecule has 3 nitrogen and oxygen atoms in total. The third-order valence-electron chi connectivity index (χ3n) is 1.73. The highest BCUT2D eigenvalue weighted by molar-refractivity contribution is 5.49. The first-order valence-corrected chi connectivity index (χ1v) is 4.86. The smallest absolute Gasteiger partial charge is 0.487 e. The van der Waals surface area contributed by atoms with Crippen LogP contribution in [0.25, 0.3) is 0 Å². The maximum absolute atomic E-state index is 12.2. The van der Waals surface area contributed by atoms with Gasteiger partial charge in [0.05, 0.1) is 6.10 Å². The molecule has 17 heavy (non-hydrogen) atoms. The van der Waals surface area contributed by atoms with E-state index in [1.165, 1.54) is 18.2 Å². The molecule has 0 saturated carbocycles. The minimum Gasteiger partial charge on any atom is -0.487 e. The van der Waals surface area contributed by atoms with Gasteiger partial charge in [0.1, 0.15) is 6.61 Å². The molecule has 1 aromatic rings. The average Bonchev–Trinajstić information content (AvgIpc) is 2.17. The van der Waals surface area contributed by atoms with Crippen molar-refractivity contribution in [1.82, 2.24) is 0 Å². The fourth-order valence-corrected chi connectivity index (χ4v) is 1.21. The fourth-order valence-electron chi connectivity index (χ4n) is 1.21. The number of hydrogen-bond acceptors (Lipinski definition) is 3. The quantitative estimate of drug-likeness (QED) is 0.890. The zero-order valence-electron chi connectivity index (χ0n) is 9.28. The molecule has 0 fully saturated rings. The summed E-state index contributed by atoms with van der Waals surface area (Å²) in [5.74, 6) is -0.615. The molecule has 1 rings (SSSR count). The first-order chi connectivity index (χ1) is 7.83. The largest absolute Gasteiger partial charge is 0.573 e. The molecule has 0 heterocycles. The van der Waals surface area contributed by atoms with Crippen molar-refractivity contribution < 1.29 is 27.8 Å². The molecule has 0 aliphatic heterocycles. The summed E-state index contributed by atoms with van der Waals surface area (Å²) in [7, 11) is 0. The zero-order chi connectivity index (χ0) is 13.1. The molecule has 6 heteroatoms. The van der Waals surface area contributed by atoms with E-state index < -0.39 is 12.1 Å². The summed E-state index contributed by atoms with van der Waals surface area (Å²) in [6.45, 7) is 3.88. The van der Waals surface area contributed by atoms with Gasteiger partial charge in [-0.2, -0.15) is 0 Å². The van der Waals surface area contributed by atoms with Gasteiger partial charge in [0.25, 0.3) is 0 Å². The summed E-state index contributed by atoms with van der Waals surface area (Å²) >= 11 is 0. The first-order valence-electron chi connectivity index (χ1n) is 4.86. The molecule has 0 aliphatic carbocycles. The van der Waals surface area contributed by atoms with E-state index in [2.05, 4.69) is 4.74 Å². The molecule has 0 amide bonds. The van der Waals surface area contributed by atoms with Crippen LogP contribution in [0.5, 0.6) is 11.5 Å². The lowest BCUT2D eigenvalue weighted by Crippen LogP contribution is -2.19. The topological polar surface area (TPSA) is 38.7 Å². The number of alkyl halides is 3. The van der Waals surface area contributed by atoms with Crippen molar-refractivity contribution in [3.63, 3.8) is 0 Å². The van der Waals surface area contributed by atoms with Crippen molar-refractivity contribution in [1.29, 1.82) is 0 Å². The molecule has 0 bridgehead atoms. The average molecular weight is 249 g/mol. The number of aliphatic hydroxyl groups excluding tert-OH is 1. The van der Waals surface area contributed by atoms with Crippen LogP contribution < -0.4 is 9.47 Å². The highest BCUT2D eigenvalue weighted by atomic mass is 19.4. The van der Waals surface area contributed by atoms with Gasteiger partial charge in [-0.25, -0.2) is 0 Å². The number of halogens is 3. The van der Waals surface area contributed by atoms with Crippen LogP contribution >= 0.6 is 0 Å². The summed E-state index contributed by atoms with van der Waals surface area (Å²) in [6.07, 6.45) is -5.15. The van der Waals surface area contributed by atoms with E-state index in [-0.39, 0.29) is 17.4 Å². The molecule has 0 unspecified atom stereocenters. The highest BCUT2D eigenvalue weighted by Gasteiger charge is 2.33. The van der Waals surface area contributed by atoms with Crippen molar-refractivity contribution in [3.05, 3.63) is 30.4 Å². The van der Waals surface area contributed by atoms with Gasteiger partial charge in [-0.05, 0) is 19.9 Å². The fraction of sp³-hybridized carbons (Fsp3) is 0.364. The van der Waals surface area contributed by atoms with Crippen molar-refractivity contribution in [2.75, 3.05) is 0 Å². The van der Waals surface area contributed by atoms with Crippen LogP contribution in [0, 0.1) is 6.61 Å². The number of para-hydroxylation sites is 1. The molecule has 0 aromatic heterocycles. The van der Waals surface area contributed by atoms with Crippen LogP contribution in [-0.2, 0) is 0 Å². The van der Waals surface area contributed by atoms with Gasteiger partial charge in [-0.3, -0.25) is 0 Å². The number of hydrogen-bond donors (Lipinski definition) is 1. The standard InChI is InChI=1S/C11H12F3O3/c1-7(2)16-9-5-3-4-8(6-15)10(9)17-11(12,13)14/h3-7,15H,1-2H3. The van der Waals surface area contributed by atoms with Gasteiger partial charge in [0.15, 0.2) is 11.5 Å². The minimum absolute atomic E-state index is 0.0693. The Morgan fingerprint density at radius 3 is 2.41 bits per heavy atom. The molecular weight excluding hydrogens is 237 g/mol. The lowest BCUT2D eigenvalue weighted by atomic mass is 10.2. The second-order valence-electron chi connectivity index (χ2n) is 3.52. The second kappa shape index (κ2) is 5.27. The second-order valence-corrected chi connectivity index (χ2v) is 3.52. The summed E-state index contributed by atoms with van der Waals surface area (Å²) in [5, 5.41) is 8.85. The molecule has 0 aliphatic rings. The first kappa shape index (κ1) is 13.6. The maximum Gasteiger partial charge on any atom is 0.573 e. The van der Waals surface area contributed by atoms with E-state index in [4.69, 9.17) is 9.84 Å². The number of benzene rings is 1. The van der Waals surface area contributed by atoms with Gasteiger partial charge in [-0.1, -0.05) is 12.1 Å². The van der Waals surface area contributed by atoms with Crippen molar-refractivity contribution in [2.45, 2.75) is 26.3 Å². The van der Waals surface area contributed by atoms with E-state index in [1.54, 1.807) is 13.8 Å². The van der Waals surface area contributed by atoms with E-state index >= 15 is 0 Å². The van der Waals surface area contributed by atoms with E-state index in [0.29, 0.717) is 6.61 Å². The Bertz CT molecular complexity index is 375. The number of rotatable bonds is 4. The molecule has 0 saturated heterocycles. The zero-order valence-corrected chi connectivity index (χ0v) is 9.28. The third-order valence-corrected chi connectivity index (χ3v) is 1.73. The Kier molecular flexibility index (Phi) is 4.22. The van der Waals surface area contributed by atoms with Crippen molar-refractivity contribution in [2.24, 2.45) is 0 Å². The third kappa shape index (κ3) is 4.14. The van der Waals surface area contributed by atoms with Crippen LogP contribution in [0.1, 0.15) is 19.4 Å². The minimum atomic E-state index is -4.84. The lowest BCUT2D eigenvalue weighted by molar-refractivity contribution is -0.275. The Morgan fingerprint density at radius 1 is 1.29 bits per heavy atom. The highest BCUT2D eigenvalue weighted by Crippen LogP contribution is 2.36. The summed E-state index contributed by atoms with van der Waals surface area (Å²) < 4.78 is 45.6. The predicted octanol–water partition coefficient (Wildman–Crippen LogP) is 3.25. The number of aliphatic hydroxyl groups is 1. The molecule has 1 radical (unpaired) electrons. The van der Waals surface area contributed by atoms with Crippen LogP contribution in [0.3, 0.4) is 0 Å². The van der Waals surface area contributed by atoms with Gasteiger partial charge < -0.3 is 14.6 Å². The van der Waals surface area contributed by atoms with Crippen LogP contribution in [0.4, 0.5) is 13.2 Å². The van der Waals surface area contributed by atoms with Crippen LogP contribution in [0.15, 0.2) is 18.2 Å². The number of ether oxygens (including phenoxy) is 2. The monoisotopic (exact) mass is 249 g/mol. The van der Waals surface area contributed by atoms with Gasteiger partial charge in [-0.15, -0.1) is 13.2 Å². The maximum atomic E-state index is 12.2. The SMILES string of the molecule is CC(C)Oc1cccc([CH]O)c1OC(F)(F)F. The normalized spacial score (nSPS) is 11.7. The summed E-state index contributed by atoms with van der Waals surface area (Å²) in [4.78, 5) is 0. The predicted molar refractivity (Wildman–Crippen MR) is 54.2 cm³/mol. The Morgan fingerprint density at radius 2 is 1.94 bits per heavy atom. The van der Waals surface area contributed by atoms with Gasteiger partial charge in [0, 0.05) is 5.56 Å². The van der Waals surface area contributed by atoms with Crippen LogP contribution in [0.2, 0.25) is 0 Å². The van der Waals surface area contributed by atoms with E-state index in [0.717, 1.165) is 0 Å². The molecule has 0 spiro atoms. The lowest BCUT2D eigenvalue weighted by Gasteiger charge is -2.18. The van der Waals surface area contributed by atoms with Crippen LogP contribution in [-0.4, -0.2) is 17.6 Å². The Balaban J connectivity index is 3.11. The molecular formula is C11H12F3O3. The summed E-state index contributed by atoms with van der Waals surface area (Å²) in [6, 6.07) is 4.09. The van der Waals surface area contributed by atoms with E-state index in [1.807, 2.05) is 0 Å². The van der Waals surface area contributed by atoms with Gasteiger partial charge >= 0.3 is 6.36 Å². The van der Waals surface area contributed by atoms with Crippen molar-refractivity contribution >= 4 is 0 Å². The van der Waals surface area contributed by atoms with Crippen molar-refractivity contribution in [3.8, 4) is 11.5 Å². The van der Waals surface area contributed by atoms with Gasteiger partial charge in [0.2, 0.25) is 0 Å². The molecule has 95 valence electrons. The molecule has 0 atom stereocenters. The van der Waals surface area contributed by atoms with E-state index in [9.17, 15) is 13.2 Å². The molecule has 1 N–H and O–H groups in total. The molecule has 1 aromatic carbocycles. The summed E-state index contributed by atoms with van der Waals surface area (Å²) in [5.41, 5.74) is -0.0968. The Labute approximate surface area is 96.8 Å². The Hall–Kier alpha value is -1.43.